The van der Waals surface area contributed by atoms with E-state index in [9.17, 15) is 0 Å². The molecule has 0 aliphatic heterocycles. The Kier molecular flexibility index (Phi) is 3.43. The molecule has 0 saturated heterocycles. The molecule has 1 aromatic heterocycles. The summed E-state index contributed by atoms with van der Waals surface area (Å²) in [7, 11) is 0. The highest BCUT2D eigenvalue weighted by Crippen LogP contribution is 2.06. The Hall–Kier alpha value is -0.680. The van der Waals surface area contributed by atoms with Gasteiger partial charge in [0, 0.05) is 25.0 Å². The Morgan fingerprint density at radius 1 is 1.58 bits per heavy atom. The van der Waals surface area contributed by atoms with Crippen LogP contribution in [0.15, 0.2) is 16.9 Å². The van der Waals surface area contributed by atoms with Gasteiger partial charge >= 0.3 is 0 Å². The minimum atomic E-state index is 0.109. The number of nitrogens with two attached hydrogens (primary N) is 1. The summed E-state index contributed by atoms with van der Waals surface area (Å²) >= 11 is 3.25. The largest absolute Gasteiger partial charge is 0.353 e. The predicted molar refractivity (Wildman–Crippen MR) is 51.9 cm³/mol. The maximum Gasteiger partial charge on any atom is 0.222 e. The standard InChI is InChI=1S/C7H11BrN4/c1-5(9)2-10-7-11-3-6(8)4-12-7/h3-5H,2,9H2,1H3,(H,10,11,12). The summed E-state index contributed by atoms with van der Waals surface area (Å²) in [5.74, 6) is 0.607. The van der Waals surface area contributed by atoms with E-state index in [-0.39, 0.29) is 6.04 Å². The molecule has 1 rings (SSSR count). The number of anilines is 1. The van der Waals surface area contributed by atoms with Crippen molar-refractivity contribution in [2.45, 2.75) is 13.0 Å². The monoisotopic (exact) mass is 230 g/mol. The summed E-state index contributed by atoms with van der Waals surface area (Å²) in [6, 6.07) is 0.109. The molecule has 1 heterocycles. The Bertz CT molecular complexity index is 234. The molecule has 1 unspecified atom stereocenters. The van der Waals surface area contributed by atoms with Gasteiger partial charge in [-0.15, -0.1) is 0 Å². The molecule has 0 saturated carbocycles. The van der Waals surface area contributed by atoms with Crippen LogP contribution >= 0.6 is 15.9 Å². The summed E-state index contributed by atoms with van der Waals surface area (Å²) in [5.41, 5.74) is 5.54. The van der Waals surface area contributed by atoms with E-state index in [2.05, 4.69) is 31.2 Å². The summed E-state index contributed by atoms with van der Waals surface area (Å²) in [6.07, 6.45) is 3.38. The Labute approximate surface area is 79.7 Å². The van der Waals surface area contributed by atoms with Gasteiger partial charge in [0.2, 0.25) is 5.95 Å². The zero-order valence-corrected chi connectivity index (χ0v) is 8.37. The highest BCUT2D eigenvalue weighted by Gasteiger charge is 1.96. The summed E-state index contributed by atoms with van der Waals surface area (Å²) in [5, 5.41) is 3.00. The number of rotatable bonds is 3. The van der Waals surface area contributed by atoms with Gasteiger partial charge in [0.1, 0.15) is 0 Å². The number of hydrogen-bond donors (Lipinski definition) is 2. The van der Waals surface area contributed by atoms with Crippen LogP contribution in [0, 0.1) is 0 Å². The first-order chi connectivity index (χ1) is 5.68. The molecular weight excluding hydrogens is 220 g/mol. The van der Waals surface area contributed by atoms with Crippen LogP contribution in [0.4, 0.5) is 5.95 Å². The molecule has 66 valence electrons. The molecule has 4 nitrogen and oxygen atoms in total. The van der Waals surface area contributed by atoms with Crippen molar-refractivity contribution < 1.29 is 0 Å². The van der Waals surface area contributed by atoms with Gasteiger partial charge in [-0.2, -0.15) is 0 Å². The maximum atomic E-state index is 5.54. The van der Waals surface area contributed by atoms with Gasteiger partial charge in [-0.05, 0) is 22.9 Å². The average Bonchev–Trinajstić information content (AvgIpc) is 2.03. The minimum absolute atomic E-state index is 0.109. The van der Waals surface area contributed by atoms with E-state index in [4.69, 9.17) is 5.73 Å². The molecule has 0 amide bonds. The van der Waals surface area contributed by atoms with Crippen molar-refractivity contribution in [1.29, 1.82) is 0 Å². The van der Waals surface area contributed by atoms with Gasteiger partial charge in [-0.3, -0.25) is 0 Å². The van der Waals surface area contributed by atoms with Crippen molar-refractivity contribution >= 4 is 21.9 Å². The average molecular weight is 231 g/mol. The number of halogens is 1. The van der Waals surface area contributed by atoms with Gasteiger partial charge in [-0.25, -0.2) is 9.97 Å². The van der Waals surface area contributed by atoms with E-state index in [0.29, 0.717) is 12.5 Å². The zero-order chi connectivity index (χ0) is 8.97. The quantitative estimate of drug-likeness (QED) is 0.814. The molecule has 1 atom stereocenters. The molecule has 1 aromatic rings. The number of nitrogens with zero attached hydrogens (tertiary/aromatic N) is 2. The van der Waals surface area contributed by atoms with Crippen LogP contribution in [0.5, 0.6) is 0 Å². The molecule has 5 heteroatoms. The number of nitrogens with one attached hydrogen (secondary N) is 1. The van der Waals surface area contributed by atoms with Crippen LogP contribution in [0.2, 0.25) is 0 Å². The van der Waals surface area contributed by atoms with Gasteiger partial charge in [0.15, 0.2) is 0 Å². The van der Waals surface area contributed by atoms with Crippen LogP contribution in [0.3, 0.4) is 0 Å². The lowest BCUT2D eigenvalue weighted by Crippen LogP contribution is -2.25. The molecule has 0 aliphatic carbocycles. The molecule has 12 heavy (non-hydrogen) atoms. The lowest BCUT2D eigenvalue weighted by molar-refractivity contribution is 0.773. The van der Waals surface area contributed by atoms with E-state index >= 15 is 0 Å². The van der Waals surface area contributed by atoms with Crippen molar-refractivity contribution in [3.05, 3.63) is 16.9 Å². The molecule has 0 aromatic carbocycles. The predicted octanol–water partition coefficient (Wildman–Crippen LogP) is 0.998. The minimum Gasteiger partial charge on any atom is -0.353 e. The molecule has 0 bridgehead atoms. The van der Waals surface area contributed by atoms with Crippen molar-refractivity contribution in [1.82, 2.24) is 9.97 Å². The van der Waals surface area contributed by atoms with Crippen molar-refractivity contribution in [2.75, 3.05) is 11.9 Å². The lowest BCUT2D eigenvalue weighted by Gasteiger charge is -2.06. The number of hydrogen-bond acceptors (Lipinski definition) is 4. The highest BCUT2D eigenvalue weighted by atomic mass is 79.9. The lowest BCUT2D eigenvalue weighted by atomic mass is 10.4. The van der Waals surface area contributed by atoms with Crippen LogP contribution in [-0.2, 0) is 0 Å². The fourth-order valence-electron chi connectivity index (χ4n) is 0.656. The SMILES string of the molecule is CC(N)CNc1ncc(Br)cn1. The van der Waals surface area contributed by atoms with Gasteiger partial charge < -0.3 is 11.1 Å². The van der Waals surface area contributed by atoms with Crippen LogP contribution in [0.25, 0.3) is 0 Å². The normalized spacial score (nSPS) is 12.6. The maximum absolute atomic E-state index is 5.54. The van der Waals surface area contributed by atoms with E-state index < -0.39 is 0 Å². The van der Waals surface area contributed by atoms with E-state index in [0.717, 1.165) is 4.47 Å². The second kappa shape index (κ2) is 4.37. The third-order valence-corrected chi connectivity index (χ3v) is 1.61. The molecular formula is C7H11BrN4. The molecule has 3 N–H and O–H groups in total. The zero-order valence-electron chi connectivity index (χ0n) is 6.79. The van der Waals surface area contributed by atoms with Crippen molar-refractivity contribution in [2.24, 2.45) is 5.73 Å². The summed E-state index contributed by atoms with van der Waals surface area (Å²) in [4.78, 5) is 8.05. The van der Waals surface area contributed by atoms with Gasteiger partial charge in [0.05, 0.1) is 4.47 Å². The first-order valence-electron chi connectivity index (χ1n) is 3.65. The second-order valence-corrected chi connectivity index (χ2v) is 3.50. The first kappa shape index (κ1) is 9.41. The fraction of sp³-hybridized carbons (Fsp3) is 0.429. The van der Waals surface area contributed by atoms with Crippen LogP contribution in [0.1, 0.15) is 6.92 Å². The molecule has 0 radical (unpaired) electrons. The third-order valence-electron chi connectivity index (χ3n) is 1.20. The van der Waals surface area contributed by atoms with Gasteiger partial charge in [0.25, 0.3) is 0 Å². The van der Waals surface area contributed by atoms with Crippen LogP contribution < -0.4 is 11.1 Å². The smallest absolute Gasteiger partial charge is 0.222 e. The molecule has 0 spiro atoms. The highest BCUT2D eigenvalue weighted by molar-refractivity contribution is 9.10. The Morgan fingerprint density at radius 2 is 2.17 bits per heavy atom. The summed E-state index contributed by atoms with van der Waals surface area (Å²) in [6.45, 7) is 2.60. The van der Waals surface area contributed by atoms with Crippen LogP contribution in [-0.4, -0.2) is 22.6 Å². The van der Waals surface area contributed by atoms with Crippen molar-refractivity contribution in [3.63, 3.8) is 0 Å². The topological polar surface area (TPSA) is 63.8 Å². The summed E-state index contributed by atoms with van der Waals surface area (Å²) < 4.78 is 0.869. The van der Waals surface area contributed by atoms with E-state index in [1.165, 1.54) is 0 Å². The first-order valence-corrected chi connectivity index (χ1v) is 4.45. The van der Waals surface area contributed by atoms with E-state index in [1.54, 1.807) is 12.4 Å². The third kappa shape index (κ3) is 3.15. The number of aromatic nitrogens is 2. The Morgan fingerprint density at radius 3 is 2.67 bits per heavy atom. The molecule has 0 aliphatic rings. The fourth-order valence-corrected chi connectivity index (χ4v) is 0.861. The molecule has 0 fully saturated rings. The second-order valence-electron chi connectivity index (χ2n) is 2.58. The van der Waals surface area contributed by atoms with Gasteiger partial charge in [-0.1, -0.05) is 0 Å². The van der Waals surface area contributed by atoms with Crippen molar-refractivity contribution in [3.8, 4) is 0 Å². The Balaban J connectivity index is 2.48. The van der Waals surface area contributed by atoms with E-state index in [1.807, 2.05) is 6.92 Å².